The van der Waals surface area contributed by atoms with Crippen LogP contribution in [-0.4, -0.2) is 16.9 Å². The highest BCUT2D eigenvalue weighted by atomic mass is 32.1. The quantitative estimate of drug-likeness (QED) is 0.896. The Balaban J connectivity index is 1.81. The number of carbonyl (C=O) groups is 1. The minimum absolute atomic E-state index is 0.0737. The van der Waals surface area contributed by atoms with Gasteiger partial charge in [-0.25, -0.2) is 13.8 Å². The number of anilines is 1. The minimum Gasteiger partial charge on any atom is -0.327 e. The third kappa shape index (κ3) is 2.89. The van der Waals surface area contributed by atoms with Crippen LogP contribution in [0.2, 0.25) is 0 Å². The molecule has 1 amide bonds. The molecule has 112 valence electrons. The summed E-state index contributed by atoms with van der Waals surface area (Å²) in [6, 6.07) is 1.84. The van der Waals surface area contributed by atoms with E-state index >= 15 is 0 Å². The fourth-order valence-corrected chi connectivity index (χ4v) is 3.60. The van der Waals surface area contributed by atoms with Crippen LogP contribution in [0.5, 0.6) is 0 Å². The van der Waals surface area contributed by atoms with E-state index in [1.807, 2.05) is 0 Å². The first kappa shape index (κ1) is 14.3. The summed E-state index contributed by atoms with van der Waals surface area (Å²) in [5, 5.41) is 2.95. The molecule has 3 rings (SSSR count). The topological polar surface area (TPSA) is 68.0 Å². The lowest BCUT2D eigenvalue weighted by molar-refractivity contribution is -0.121. The molecule has 0 radical (unpaired) electrons. The van der Waals surface area contributed by atoms with Crippen molar-refractivity contribution in [3.63, 3.8) is 0 Å². The molecular formula is C14H15F2N3OS. The Kier molecular flexibility index (Phi) is 3.86. The Morgan fingerprint density at radius 3 is 2.86 bits per heavy atom. The fraction of sp³-hybridized carbons (Fsp3) is 0.429. The Bertz CT molecular complexity index is 688. The predicted octanol–water partition coefficient (Wildman–Crippen LogP) is 3.03. The van der Waals surface area contributed by atoms with Gasteiger partial charge in [0.2, 0.25) is 5.91 Å². The molecule has 1 aromatic carbocycles. The molecule has 0 saturated heterocycles. The van der Waals surface area contributed by atoms with Gasteiger partial charge in [-0.15, -0.1) is 0 Å². The van der Waals surface area contributed by atoms with E-state index in [1.54, 1.807) is 0 Å². The second-order valence-corrected chi connectivity index (χ2v) is 6.33. The lowest BCUT2D eigenvalue weighted by Gasteiger charge is -2.26. The standard InChI is InChI=1S/C14H15F2N3OS/c15-7-5-9(16)12-11(6-7)21-14(18-12)19-13(20)8-3-1-2-4-10(8)17/h5-6,8,10H,1-4,17H2,(H,18,19,20)/t8?,10-/m1/s1. The van der Waals surface area contributed by atoms with Crippen LogP contribution in [0.15, 0.2) is 12.1 Å². The van der Waals surface area contributed by atoms with Crippen LogP contribution in [0.25, 0.3) is 10.2 Å². The summed E-state index contributed by atoms with van der Waals surface area (Å²) in [5.41, 5.74) is 6.04. The molecule has 21 heavy (non-hydrogen) atoms. The molecule has 1 heterocycles. The molecule has 3 N–H and O–H groups in total. The van der Waals surface area contributed by atoms with E-state index in [4.69, 9.17) is 5.73 Å². The molecule has 1 unspecified atom stereocenters. The summed E-state index contributed by atoms with van der Waals surface area (Å²) in [5.74, 6) is -1.82. The lowest BCUT2D eigenvalue weighted by Crippen LogP contribution is -2.40. The van der Waals surface area contributed by atoms with Crippen LogP contribution in [0.1, 0.15) is 25.7 Å². The van der Waals surface area contributed by atoms with Crippen molar-refractivity contribution in [3.8, 4) is 0 Å². The Morgan fingerprint density at radius 2 is 2.10 bits per heavy atom. The molecule has 1 fully saturated rings. The largest absolute Gasteiger partial charge is 0.327 e. The highest BCUT2D eigenvalue weighted by Gasteiger charge is 2.28. The normalized spacial score (nSPS) is 22.4. The first-order valence-corrected chi connectivity index (χ1v) is 7.68. The number of hydrogen-bond acceptors (Lipinski definition) is 4. The van der Waals surface area contributed by atoms with Gasteiger partial charge in [-0.3, -0.25) is 4.79 Å². The van der Waals surface area contributed by atoms with E-state index in [2.05, 4.69) is 10.3 Å². The average Bonchev–Trinajstić information content (AvgIpc) is 2.81. The SMILES string of the molecule is N[C@@H]1CCCCC1C(=O)Nc1nc2c(F)cc(F)cc2s1. The number of rotatable bonds is 2. The lowest BCUT2D eigenvalue weighted by atomic mass is 9.84. The van der Waals surface area contributed by atoms with E-state index in [0.717, 1.165) is 43.1 Å². The summed E-state index contributed by atoms with van der Waals surface area (Å²) < 4.78 is 27.1. The highest BCUT2D eigenvalue weighted by Crippen LogP contribution is 2.30. The maximum Gasteiger partial charge on any atom is 0.230 e. The molecule has 0 bridgehead atoms. The summed E-state index contributed by atoms with van der Waals surface area (Å²) >= 11 is 1.06. The number of nitrogens with two attached hydrogens (primary N) is 1. The predicted molar refractivity (Wildman–Crippen MR) is 78.1 cm³/mol. The van der Waals surface area contributed by atoms with Crippen molar-refractivity contribution < 1.29 is 13.6 Å². The van der Waals surface area contributed by atoms with Crippen molar-refractivity contribution in [2.45, 2.75) is 31.7 Å². The van der Waals surface area contributed by atoms with Crippen molar-refractivity contribution in [3.05, 3.63) is 23.8 Å². The molecule has 2 atom stereocenters. The first-order valence-electron chi connectivity index (χ1n) is 6.86. The molecule has 7 heteroatoms. The van der Waals surface area contributed by atoms with Gasteiger partial charge >= 0.3 is 0 Å². The summed E-state index contributed by atoms with van der Waals surface area (Å²) in [4.78, 5) is 16.2. The Hall–Kier alpha value is -1.60. The van der Waals surface area contributed by atoms with Crippen LogP contribution in [0, 0.1) is 17.6 Å². The fourth-order valence-electron chi connectivity index (χ4n) is 2.69. The van der Waals surface area contributed by atoms with Crippen LogP contribution < -0.4 is 11.1 Å². The van der Waals surface area contributed by atoms with Gasteiger partial charge in [0.1, 0.15) is 11.3 Å². The molecule has 1 aromatic heterocycles. The van der Waals surface area contributed by atoms with Crippen molar-refractivity contribution in [2.75, 3.05) is 5.32 Å². The second kappa shape index (κ2) is 5.65. The van der Waals surface area contributed by atoms with Gasteiger partial charge in [0.25, 0.3) is 0 Å². The summed E-state index contributed by atoms with van der Waals surface area (Å²) in [6.45, 7) is 0. The number of nitrogens with one attached hydrogen (secondary N) is 1. The van der Waals surface area contributed by atoms with E-state index < -0.39 is 11.6 Å². The summed E-state index contributed by atoms with van der Waals surface area (Å²) in [6.07, 6.45) is 3.60. The number of nitrogens with zero attached hydrogens (tertiary/aromatic N) is 1. The van der Waals surface area contributed by atoms with E-state index in [-0.39, 0.29) is 28.5 Å². The molecular weight excluding hydrogens is 296 g/mol. The molecule has 1 saturated carbocycles. The smallest absolute Gasteiger partial charge is 0.230 e. The summed E-state index contributed by atoms with van der Waals surface area (Å²) in [7, 11) is 0. The van der Waals surface area contributed by atoms with E-state index in [9.17, 15) is 13.6 Å². The van der Waals surface area contributed by atoms with Crippen LogP contribution in [0.4, 0.5) is 13.9 Å². The Labute approximate surface area is 124 Å². The maximum atomic E-state index is 13.6. The number of carbonyl (C=O) groups excluding carboxylic acids is 1. The van der Waals surface area contributed by atoms with Gasteiger partial charge < -0.3 is 11.1 Å². The van der Waals surface area contributed by atoms with Gasteiger partial charge in [-0.2, -0.15) is 0 Å². The van der Waals surface area contributed by atoms with Gasteiger partial charge in [-0.05, 0) is 18.9 Å². The van der Waals surface area contributed by atoms with Gasteiger partial charge in [0.05, 0.1) is 10.6 Å². The van der Waals surface area contributed by atoms with Gasteiger partial charge in [0, 0.05) is 12.1 Å². The number of halogens is 2. The zero-order valence-corrected chi connectivity index (χ0v) is 12.1. The van der Waals surface area contributed by atoms with Crippen molar-refractivity contribution in [2.24, 2.45) is 11.7 Å². The minimum atomic E-state index is -0.726. The van der Waals surface area contributed by atoms with E-state index in [0.29, 0.717) is 4.70 Å². The zero-order valence-electron chi connectivity index (χ0n) is 11.2. The average molecular weight is 311 g/mol. The van der Waals surface area contributed by atoms with Crippen LogP contribution >= 0.6 is 11.3 Å². The first-order chi connectivity index (χ1) is 10.0. The second-order valence-electron chi connectivity index (χ2n) is 5.30. The molecule has 1 aliphatic carbocycles. The number of hydrogen-bond donors (Lipinski definition) is 2. The number of amides is 1. The third-order valence-corrected chi connectivity index (χ3v) is 4.72. The zero-order chi connectivity index (χ0) is 15.0. The number of thiazole rings is 1. The molecule has 1 aliphatic rings. The molecule has 0 spiro atoms. The van der Waals surface area contributed by atoms with Crippen LogP contribution in [-0.2, 0) is 4.79 Å². The highest BCUT2D eigenvalue weighted by molar-refractivity contribution is 7.22. The van der Waals surface area contributed by atoms with Crippen molar-refractivity contribution in [1.29, 1.82) is 0 Å². The number of fused-ring (bicyclic) bond motifs is 1. The molecule has 0 aliphatic heterocycles. The third-order valence-electron chi connectivity index (χ3n) is 3.80. The van der Waals surface area contributed by atoms with Crippen molar-refractivity contribution in [1.82, 2.24) is 4.98 Å². The Morgan fingerprint density at radius 1 is 1.33 bits per heavy atom. The molecule has 4 nitrogen and oxygen atoms in total. The number of benzene rings is 1. The van der Waals surface area contributed by atoms with Crippen molar-refractivity contribution >= 4 is 32.6 Å². The maximum absolute atomic E-state index is 13.6. The van der Waals surface area contributed by atoms with E-state index in [1.165, 1.54) is 6.07 Å². The molecule has 2 aromatic rings. The van der Waals surface area contributed by atoms with Gasteiger partial charge in [0.15, 0.2) is 10.9 Å². The van der Waals surface area contributed by atoms with Crippen LogP contribution in [0.3, 0.4) is 0 Å². The monoisotopic (exact) mass is 311 g/mol. The number of aromatic nitrogens is 1. The van der Waals surface area contributed by atoms with Gasteiger partial charge in [-0.1, -0.05) is 24.2 Å².